The molecule has 0 aliphatic carbocycles. The zero-order valence-corrected chi connectivity index (χ0v) is 11.7. The average Bonchev–Trinajstić information content (AvgIpc) is 2.87. The van der Waals surface area contributed by atoms with Crippen molar-refractivity contribution >= 4 is 22.7 Å². The Kier molecular flexibility index (Phi) is 4.40. The van der Waals surface area contributed by atoms with Crippen molar-refractivity contribution in [3.63, 3.8) is 0 Å². The van der Waals surface area contributed by atoms with Gasteiger partial charge in [0.05, 0.1) is 0 Å². The monoisotopic (exact) mass is 273 g/mol. The molecule has 0 saturated carbocycles. The van der Waals surface area contributed by atoms with Crippen LogP contribution >= 0.6 is 0 Å². The van der Waals surface area contributed by atoms with Crippen molar-refractivity contribution in [3.05, 3.63) is 36.0 Å². The maximum Gasteiger partial charge on any atom is 0.242 e. The van der Waals surface area contributed by atoms with Gasteiger partial charge in [0.2, 0.25) is 11.8 Å². The summed E-state index contributed by atoms with van der Waals surface area (Å²) in [7, 11) is 1.55. The third-order valence-electron chi connectivity index (χ3n) is 3.31. The number of benzene rings is 1. The van der Waals surface area contributed by atoms with Gasteiger partial charge in [0.25, 0.3) is 0 Å². The molecule has 1 aromatic heterocycles. The van der Waals surface area contributed by atoms with Gasteiger partial charge in [0.15, 0.2) is 0 Å². The van der Waals surface area contributed by atoms with E-state index in [0.717, 1.165) is 16.5 Å². The van der Waals surface area contributed by atoms with Gasteiger partial charge in [-0.15, -0.1) is 0 Å². The van der Waals surface area contributed by atoms with E-state index in [1.165, 1.54) is 0 Å². The highest BCUT2D eigenvalue weighted by Crippen LogP contribution is 2.18. The highest BCUT2D eigenvalue weighted by atomic mass is 16.2. The van der Waals surface area contributed by atoms with E-state index in [-0.39, 0.29) is 11.8 Å². The number of aromatic amines is 1. The van der Waals surface area contributed by atoms with Crippen molar-refractivity contribution in [1.82, 2.24) is 15.6 Å². The number of nitrogens with one attached hydrogen (secondary N) is 3. The van der Waals surface area contributed by atoms with E-state index in [2.05, 4.69) is 15.6 Å². The van der Waals surface area contributed by atoms with Gasteiger partial charge in [0, 0.05) is 30.6 Å². The highest BCUT2D eigenvalue weighted by Gasteiger charge is 2.14. The number of likely N-dealkylation sites (N-methyl/N-ethyl adjacent to an activating group) is 1. The second-order valence-electron chi connectivity index (χ2n) is 4.76. The normalized spacial score (nSPS) is 12.1. The number of para-hydroxylation sites is 1. The highest BCUT2D eigenvalue weighted by molar-refractivity contribution is 5.88. The van der Waals surface area contributed by atoms with Gasteiger partial charge in [-0.25, -0.2) is 0 Å². The number of carbonyl (C=O) groups excluding carboxylic acids is 2. The number of carbonyl (C=O) groups is 2. The first kappa shape index (κ1) is 14.1. The standard InChI is InChI=1S/C15H19N3O2/c1-10(15(20)16-2)18-14(19)8-7-11-9-17-13-6-4-3-5-12(11)13/h3-6,9-10,17H,7-8H2,1-2H3,(H,16,20)(H,18,19). The first-order chi connectivity index (χ1) is 9.61. The quantitative estimate of drug-likeness (QED) is 0.769. The van der Waals surface area contributed by atoms with Gasteiger partial charge in [-0.2, -0.15) is 0 Å². The molecule has 106 valence electrons. The Bertz CT molecular complexity index is 618. The minimum atomic E-state index is -0.504. The zero-order valence-electron chi connectivity index (χ0n) is 11.7. The molecule has 0 aliphatic heterocycles. The van der Waals surface area contributed by atoms with E-state index in [1.54, 1.807) is 14.0 Å². The fourth-order valence-corrected chi connectivity index (χ4v) is 2.18. The Hall–Kier alpha value is -2.30. The summed E-state index contributed by atoms with van der Waals surface area (Å²) < 4.78 is 0. The molecule has 0 fully saturated rings. The third kappa shape index (κ3) is 3.17. The maximum atomic E-state index is 11.8. The van der Waals surface area contributed by atoms with Crippen molar-refractivity contribution in [2.45, 2.75) is 25.8 Å². The smallest absolute Gasteiger partial charge is 0.242 e. The van der Waals surface area contributed by atoms with Crippen LogP contribution in [-0.4, -0.2) is 29.9 Å². The Balaban J connectivity index is 1.92. The number of rotatable bonds is 5. The van der Waals surface area contributed by atoms with E-state index in [4.69, 9.17) is 0 Å². The molecule has 0 aliphatic rings. The molecule has 3 N–H and O–H groups in total. The van der Waals surface area contributed by atoms with Gasteiger partial charge >= 0.3 is 0 Å². The molecule has 2 rings (SSSR count). The molecule has 1 unspecified atom stereocenters. The van der Waals surface area contributed by atoms with Gasteiger partial charge < -0.3 is 15.6 Å². The number of aryl methyl sites for hydroxylation is 1. The summed E-state index contributed by atoms with van der Waals surface area (Å²) in [6.07, 6.45) is 2.94. The minimum Gasteiger partial charge on any atom is -0.361 e. The van der Waals surface area contributed by atoms with Crippen molar-refractivity contribution in [1.29, 1.82) is 0 Å². The van der Waals surface area contributed by atoms with Gasteiger partial charge in [-0.05, 0) is 25.0 Å². The minimum absolute atomic E-state index is 0.119. The van der Waals surface area contributed by atoms with Gasteiger partial charge in [-0.1, -0.05) is 18.2 Å². The van der Waals surface area contributed by atoms with E-state index >= 15 is 0 Å². The first-order valence-electron chi connectivity index (χ1n) is 6.67. The SMILES string of the molecule is CNC(=O)C(C)NC(=O)CCc1c[nH]c2ccccc12. The van der Waals surface area contributed by atoms with Gasteiger partial charge in [-0.3, -0.25) is 9.59 Å². The van der Waals surface area contributed by atoms with Crippen LogP contribution in [0.5, 0.6) is 0 Å². The topological polar surface area (TPSA) is 74.0 Å². The molecule has 2 amide bonds. The molecule has 1 aromatic carbocycles. The van der Waals surface area contributed by atoms with Crippen LogP contribution in [0.25, 0.3) is 10.9 Å². The Morgan fingerprint density at radius 2 is 2.05 bits per heavy atom. The molecular formula is C15H19N3O2. The largest absolute Gasteiger partial charge is 0.361 e. The molecule has 0 bridgehead atoms. The number of hydrogen-bond donors (Lipinski definition) is 3. The average molecular weight is 273 g/mol. The summed E-state index contributed by atoms with van der Waals surface area (Å²) in [5, 5.41) is 6.32. The lowest BCUT2D eigenvalue weighted by molar-refractivity contribution is -0.128. The summed E-state index contributed by atoms with van der Waals surface area (Å²) in [6, 6.07) is 7.49. The lowest BCUT2D eigenvalue weighted by atomic mass is 10.1. The van der Waals surface area contributed by atoms with Crippen LogP contribution in [0.3, 0.4) is 0 Å². The predicted octanol–water partition coefficient (Wildman–Crippen LogP) is 1.35. The van der Waals surface area contributed by atoms with Crippen molar-refractivity contribution in [2.75, 3.05) is 7.05 Å². The molecule has 5 nitrogen and oxygen atoms in total. The van der Waals surface area contributed by atoms with Crippen LogP contribution in [0.4, 0.5) is 0 Å². The molecule has 0 spiro atoms. The Labute approximate surface area is 117 Å². The molecule has 1 heterocycles. The fourth-order valence-electron chi connectivity index (χ4n) is 2.18. The number of hydrogen-bond acceptors (Lipinski definition) is 2. The van der Waals surface area contributed by atoms with E-state index in [0.29, 0.717) is 12.8 Å². The number of aromatic nitrogens is 1. The van der Waals surface area contributed by atoms with Crippen molar-refractivity contribution in [3.8, 4) is 0 Å². The summed E-state index contributed by atoms with van der Waals surface area (Å²) in [6.45, 7) is 1.67. The maximum absolute atomic E-state index is 11.8. The number of fused-ring (bicyclic) bond motifs is 1. The Morgan fingerprint density at radius 1 is 1.30 bits per heavy atom. The molecule has 0 radical (unpaired) electrons. The summed E-state index contributed by atoms with van der Waals surface area (Å²) >= 11 is 0. The van der Waals surface area contributed by atoms with Crippen LogP contribution in [-0.2, 0) is 16.0 Å². The fraction of sp³-hybridized carbons (Fsp3) is 0.333. The second-order valence-corrected chi connectivity index (χ2v) is 4.76. The molecular weight excluding hydrogens is 254 g/mol. The van der Waals surface area contributed by atoms with Crippen LogP contribution in [0, 0.1) is 0 Å². The summed E-state index contributed by atoms with van der Waals surface area (Å²) in [5.74, 6) is -0.308. The molecule has 1 atom stereocenters. The molecule has 5 heteroatoms. The van der Waals surface area contributed by atoms with Crippen LogP contribution in [0.15, 0.2) is 30.5 Å². The predicted molar refractivity (Wildman–Crippen MR) is 78.3 cm³/mol. The summed E-state index contributed by atoms with van der Waals surface area (Å²) in [4.78, 5) is 26.3. The second kappa shape index (κ2) is 6.23. The van der Waals surface area contributed by atoms with E-state index in [9.17, 15) is 9.59 Å². The lowest BCUT2D eigenvalue weighted by Gasteiger charge is -2.11. The van der Waals surface area contributed by atoms with Crippen molar-refractivity contribution in [2.24, 2.45) is 0 Å². The number of H-pyrrole nitrogens is 1. The molecule has 2 aromatic rings. The van der Waals surface area contributed by atoms with Crippen LogP contribution in [0.1, 0.15) is 18.9 Å². The zero-order chi connectivity index (χ0) is 14.5. The molecule has 0 saturated heterocycles. The third-order valence-corrected chi connectivity index (χ3v) is 3.31. The van der Waals surface area contributed by atoms with Crippen molar-refractivity contribution < 1.29 is 9.59 Å². The lowest BCUT2D eigenvalue weighted by Crippen LogP contribution is -2.43. The number of amides is 2. The Morgan fingerprint density at radius 3 is 2.80 bits per heavy atom. The van der Waals surface area contributed by atoms with E-state index < -0.39 is 6.04 Å². The molecule has 20 heavy (non-hydrogen) atoms. The van der Waals surface area contributed by atoms with Gasteiger partial charge in [0.1, 0.15) is 6.04 Å². The van der Waals surface area contributed by atoms with Crippen LogP contribution < -0.4 is 10.6 Å². The van der Waals surface area contributed by atoms with E-state index in [1.807, 2.05) is 30.5 Å². The first-order valence-corrected chi connectivity index (χ1v) is 6.67. The van der Waals surface area contributed by atoms with Crippen LogP contribution in [0.2, 0.25) is 0 Å². The summed E-state index contributed by atoms with van der Waals surface area (Å²) in [5.41, 5.74) is 2.19.